The molecule has 1 aromatic carbocycles. The Labute approximate surface area is 123 Å². The Kier molecular flexibility index (Phi) is 6.55. The van der Waals surface area contributed by atoms with Crippen LogP contribution in [-0.2, 0) is 4.79 Å². The first-order valence-electron chi connectivity index (χ1n) is 6.91. The van der Waals surface area contributed by atoms with E-state index < -0.39 is 12.7 Å². The number of hydrogen-bond donors (Lipinski definition) is 2. The molecule has 2 unspecified atom stereocenters. The minimum atomic E-state index is -2.90. The molecule has 2 atom stereocenters. The van der Waals surface area contributed by atoms with Gasteiger partial charge in [0.1, 0.15) is 5.75 Å². The summed E-state index contributed by atoms with van der Waals surface area (Å²) >= 11 is 0. The Morgan fingerprint density at radius 1 is 1.29 bits per heavy atom. The fraction of sp³-hybridized carbons (Fsp3) is 0.533. The molecule has 0 heterocycles. The molecule has 0 spiro atoms. The van der Waals surface area contributed by atoms with Gasteiger partial charge in [0.05, 0.1) is 12.0 Å². The number of para-hydroxylation sites is 1. The first-order chi connectivity index (χ1) is 9.86. The Morgan fingerprint density at radius 2 is 1.90 bits per heavy atom. The van der Waals surface area contributed by atoms with Gasteiger partial charge in [0.15, 0.2) is 0 Å². The summed E-state index contributed by atoms with van der Waals surface area (Å²) < 4.78 is 29.3. The van der Waals surface area contributed by atoms with Crippen LogP contribution in [0.15, 0.2) is 24.3 Å². The van der Waals surface area contributed by atoms with Crippen LogP contribution in [0.1, 0.15) is 32.4 Å². The standard InChI is InChI=1S/C15H22F2N2O2/c1-9(2)12(8-18)14(20)19-10(3)11-6-4-5-7-13(11)21-15(16)17/h4-7,9-10,12,15H,8,18H2,1-3H3,(H,19,20). The predicted molar refractivity (Wildman–Crippen MR) is 77.0 cm³/mol. The molecular weight excluding hydrogens is 278 g/mol. The largest absolute Gasteiger partial charge is 0.434 e. The lowest BCUT2D eigenvalue weighted by Gasteiger charge is -2.23. The molecule has 6 heteroatoms. The van der Waals surface area contributed by atoms with Crippen molar-refractivity contribution in [3.8, 4) is 5.75 Å². The normalized spacial score (nSPS) is 14.1. The van der Waals surface area contributed by atoms with E-state index in [1.54, 1.807) is 25.1 Å². The lowest BCUT2D eigenvalue weighted by molar-refractivity contribution is -0.126. The average molecular weight is 300 g/mol. The monoisotopic (exact) mass is 300 g/mol. The number of ether oxygens (including phenoxy) is 1. The summed E-state index contributed by atoms with van der Waals surface area (Å²) in [6, 6.07) is 5.97. The Bertz CT molecular complexity index is 467. The molecular formula is C15H22F2N2O2. The van der Waals surface area contributed by atoms with Crippen molar-refractivity contribution in [2.45, 2.75) is 33.4 Å². The summed E-state index contributed by atoms with van der Waals surface area (Å²) in [5.74, 6) is -0.327. The SMILES string of the molecule is CC(NC(=O)C(CN)C(C)C)c1ccccc1OC(F)F. The molecule has 0 aliphatic carbocycles. The summed E-state index contributed by atoms with van der Waals surface area (Å²) in [5, 5.41) is 2.80. The minimum absolute atomic E-state index is 0.0640. The Morgan fingerprint density at radius 3 is 2.43 bits per heavy atom. The second kappa shape index (κ2) is 7.93. The molecule has 21 heavy (non-hydrogen) atoms. The second-order valence-corrected chi connectivity index (χ2v) is 5.23. The maximum Gasteiger partial charge on any atom is 0.387 e. The van der Waals surface area contributed by atoms with Gasteiger partial charge >= 0.3 is 6.61 Å². The molecule has 0 saturated heterocycles. The van der Waals surface area contributed by atoms with Crippen LogP contribution in [0, 0.1) is 11.8 Å². The smallest absolute Gasteiger partial charge is 0.387 e. The van der Waals surface area contributed by atoms with Gasteiger partial charge in [0.2, 0.25) is 5.91 Å². The van der Waals surface area contributed by atoms with Gasteiger partial charge in [-0.3, -0.25) is 4.79 Å². The summed E-state index contributed by atoms with van der Waals surface area (Å²) in [6.45, 7) is 2.89. The van der Waals surface area contributed by atoms with Gasteiger partial charge in [-0.15, -0.1) is 0 Å². The third-order valence-electron chi connectivity index (χ3n) is 3.36. The first kappa shape index (κ1) is 17.4. The van der Waals surface area contributed by atoms with E-state index in [4.69, 9.17) is 5.73 Å². The number of nitrogens with one attached hydrogen (secondary N) is 1. The van der Waals surface area contributed by atoms with Crippen LogP contribution >= 0.6 is 0 Å². The lowest BCUT2D eigenvalue weighted by Crippen LogP contribution is -2.39. The molecule has 0 aromatic heterocycles. The second-order valence-electron chi connectivity index (χ2n) is 5.23. The highest BCUT2D eigenvalue weighted by atomic mass is 19.3. The van der Waals surface area contributed by atoms with E-state index in [2.05, 4.69) is 10.1 Å². The van der Waals surface area contributed by atoms with E-state index in [1.165, 1.54) is 6.07 Å². The summed E-state index contributed by atoms with van der Waals surface area (Å²) in [6.07, 6.45) is 0. The molecule has 0 fully saturated rings. The van der Waals surface area contributed by atoms with Gasteiger partial charge in [0.25, 0.3) is 0 Å². The minimum Gasteiger partial charge on any atom is -0.434 e. The van der Waals surface area contributed by atoms with Gasteiger partial charge in [-0.1, -0.05) is 32.0 Å². The molecule has 1 amide bonds. The molecule has 0 aliphatic rings. The van der Waals surface area contributed by atoms with Crippen molar-refractivity contribution in [3.05, 3.63) is 29.8 Å². The molecule has 0 bridgehead atoms. The predicted octanol–water partition coefficient (Wildman–Crippen LogP) is 2.70. The zero-order valence-corrected chi connectivity index (χ0v) is 12.5. The van der Waals surface area contributed by atoms with Gasteiger partial charge in [-0.2, -0.15) is 8.78 Å². The van der Waals surface area contributed by atoms with Gasteiger partial charge in [0, 0.05) is 12.1 Å². The molecule has 118 valence electrons. The van der Waals surface area contributed by atoms with E-state index in [9.17, 15) is 13.6 Å². The van der Waals surface area contributed by atoms with Crippen molar-refractivity contribution in [1.29, 1.82) is 0 Å². The van der Waals surface area contributed by atoms with Crippen molar-refractivity contribution < 1.29 is 18.3 Å². The van der Waals surface area contributed by atoms with Crippen LogP contribution in [0.4, 0.5) is 8.78 Å². The highest BCUT2D eigenvalue weighted by Crippen LogP contribution is 2.26. The van der Waals surface area contributed by atoms with Gasteiger partial charge in [-0.05, 0) is 18.9 Å². The summed E-state index contributed by atoms with van der Waals surface area (Å²) in [7, 11) is 0. The van der Waals surface area contributed by atoms with Crippen LogP contribution in [0.3, 0.4) is 0 Å². The highest BCUT2D eigenvalue weighted by molar-refractivity contribution is 5.79. The number of carbonyl (C=O) groups is 1. The molecule has 0 saturated carbocycles. The highest BCUT2D eigenvalue weighted by Gasteiger charge is 2.23. The molecule has 1 rings (SSSR count). The fourth-order valence-corrected chi connectivity index (χ4v) is 2.12. The van der Waals surface area contributed by atoms with Crippen molar-refractivity contribution in [2.24, 2.45) is 17.6 Å². The quantitative estimate of drug-likeness (QED) is 0.813. The maximum absolute atomic E-state index is 12.4. The summed E-state index contributed by atoms with van der Waals surface area (Å²) in [4.78, 5) is 12.2. The summed E-state index contributed by atoms with van der Waals surface area (Å²) in [5.41, 5.74) is 6.11. The van der Waals surface area contributed by atoms with Crippen molar-refractivity contribution in [3.63, 3.8) is 0 Å². The Hall–Kier alpha value is -1.69. The number of amides is 1. The lowest BCUT2D eigenvalue weighted by atomic mass is 9.94. The topological polar surface area (TPSA) is 64.4 Å². The van der Waals surface area contributed by atoms with Gasteiger partial charge in [-0.25, -0.2) is 0 Å². The van der Waals surface area contributed by atoms with E-state index in [1.807, 2.05) is 13.8 Å². The fourth-order valence-electron chi connectivity index (χ4n) is 2.12. The molecule has 4 nitrogen and oxygen atoms in total. The third kappa shape index (κ3) is 4.97. The average Bonchev–Trinajstić information content (AvgIpc) is 2.38. The number of benzene rings is 1. The maximum atomic E-state index is 12.4. The van der Waals surface area contributed by atoms with Crippen LogP contribution in [-0.4, -0.2) is 19.1 Å². The molecule has 3 N–H and O–H groups in total. The molecule has 0 radical (unpaired) electrons. The van der Waals surface area contributed by atoms with E-state index in [-0.39, 0.29) is 30.0 Å². The van der Waals surface area contributed by atoms with Crippen LogP contribution in [0.5, 0.6) is 5.75 Å². The van der Waals surface area contributed by atoms with E-state index in [0.717, 1.165) is 0 Å². The van der Waals surface area contributed by atoms with Crippen LogP contribution in [0.25, 0.3) is 0 Å². The number of nitrogens with two attached hydrogens (primary N) is 1. The van der Waals surface area contributed by atoms with Gasteiger partial charge < -0.3 is 15.8 Å². The molecule has 1 aromatic rings. The zero-order chi connectivity index (χ0) is 16.0. The van der Waals surface area contributed by atoms with E-state index in [0.29, 0.717) is 5.56 Å². The number of alkyl halides is 2. The number of rotatable bonds is 7. The van der Waals surface area contributed by atoms with Crippen molar-refractivity contribution in [1.82, 2.24) is 5.32 Å². The van der Waals surface area contributed by atoms with Crippen LogP contribution in [0.2, 0.25) is 0 Å². The zero-order valence-electron chi connectivity index (χ0n) is 12.5. The number of carbonyl (C=O) groups excluding carboxylic acids is 1. The Balaban J connectivity index is 2.84. The van der Waals surface area contributed by atoms with Crippen molar-refractivity contribution in [2.75, 3.05) is 6.54 Å². The number of hydrogen-bond acceptors (Lipinski definition) is 3. The first-order valence-corrected chi connectivity index (χ1v) is 6.91. The molecule has 0 aliphatic heterocycles. The third-order valence-corrected chi connectivity index (χ3v) is 3.36. The van der Waals surface area contributed by atoms with Crippen molar-refractivity contribution >= 4 is 5.91 Å². The number of halogens is 2. The van der Waals surface area contributed by atoms with Crippen LogP contribution < -0.4 is 15.8 Å². The van der Waals surface area contributed by atoms with E-state index >= 15 is 0 Å².